The highest BCUT2D eigenvalue weighted by atomic mass is 16.3. The number of nitrogens with one attached hydrogen (secondary N) is 1. The molecule has 0 amide bonds. The summed E-state index contributed by atoms with van der Waals surface area (Å²) in [5, 5.41) is 13.8. The number of aliphatic hydroxyl groups excluding tert-OH is 1. The summed E-state index contributed by atoms with van der Waals surface area (Å²) in [5.41, 5.74) is 3.44. The quantitative estimate of drug-likeness (QED) is 0.779. The second-order valence-electron chi connectivity index (χ2n) is 5.86. The average Bonchev–Trinajstić information content (AvgIpc) is 2.62. The zero-order valence-corrected chi connectivity index (χ0v) is 14.4. The first kappa shape index (κ1) is 17.5. The molecule has 23 heavy (non-hydrogen) atoms. The van der Waals surface area contributed by atoms with Crippen molar-refractivity contribution in [3.05, 3.63) is 65.7 Å². The van der Waals surface area contributed by atoms with Crippen LogP contribution in [-0.2, 0) is 6.54 Å². The largest absolute Gasteiger partial charge is 0.387 e. The van der Waals surface area contributed by atoms with E-state index in [-0.39, 0.29) is 6.04 Å². The third kappa shape index (κ3) is 4.81. The van der Waals surface area contributed by atoms with E-state index in [1.807, 2.05) is 37.3 Å². The van der Waals surface area contributed by atoms with Crippen LogP contribution in [0.3, 0.4) is 0 Å². The lowest BCUT2D eigenvalue weighted by molar-refractivity contribution is 0.135. The molecular formula is C20H28N2O. The Morgan fingerprint density at radius 3 is 2.13 bits per heavy atom. The summed E-state index contributed by atoms with van der Waals surface area (Å²) >= 11 is 0. The van der Waals surface area contributed by atoms with Gasteiger partial charge in [-0.05, 0) is 44.0 Å². The van der Waals surface area contributed by atoms with E-state index in [9.17, 15) is 5.11 Å². The lowest BCUT2D eigenvalue weighted by Gasteiger charge is -2.22. The number of aliphatic hydroxyl groups is 1. The van der Waals surface area contributed by atoms with Gasteiger partial charge in [-0.1, -0.05) is 42.5 Å². The molecule has 0 saturated heterocycles. The Morgan fingerprint density at radius 2 is 1.57 bits per heavy atom. The van der Waals surface area contributed by atoms with E-state index in [0.717, 1.165) is 25.2 Å². The number of rotatable bonds is 8. The van der Waals surface area contributed by atoms with Crippen molar-refractivity contribution in [2.75, 3.05) is 18.0 Å². The number of hydrogen-bond donors (Lipinski definition) is 2. The number of hydrogen-bond acceptors (Lipinski definition) is 3. The Labute approximate surface area is 140 Å². The number of nitrogens with zero attached hydrogens (tertiary/aromatic N) is 1. The molecule has 0 heterocycles. The lowest BCUT2D eigenvalue weighted by Crippen LogP contribution is -2.31. The maximum Gasteiger partial charge on any atom is 0.0940 e. The molecule has 2 rings (SSSR count). The summed E-state index contributed by atoms with van der Waals surface area (Å²) in [6.07, 6.45) is -0.494. The highest BCUT2D eigenvalue weighted by molar-refractivity contribution is 5.47. The summed E-state index contributed by atoms with van der Waals surface area (Å²) in [5.74, 6) is 0. The topological polar surface area (TPSA) is 35.5 Å². The van der Waals surface area contributed by atoms with Gasteiger partial charge in [0, 0.05) is 31.4 Å². The third-order valence-electron chi connectivity index (χ3n) is 4.31. The van der Waals surface area contributed by atoms with Gasteiger partial charge in [0.1, 0.15) is 0 Å². The van der Waals surface area contributed by atoms with Gasteiger partial charge >= 0.3 is 0 Å². The smallest absolute Gasteiger partial charge is 0.0940 e. The fourth-order valence-electron chi connectivity index (χ4n) is 2.74. The van der Waals surface area contributed by atoms with Crippen molar-refractivity contribution >= 4 is 5.69 Å². The van der Waals surface area contributed by atoms with E-state index < -0.39 is 6.10 Å². The molecule has 2 aromatic rings. The molecule has 2 aromatic carbocycles. The highest BCUT2D eigenvalue weighted by Gasteiger charge is 2.15. The highest BCUT2D eigenvalue weighted by Crippen LogP contribution is 2.18. The van der Waals surface area contributed by atoms with Crippen LogP contribution in [0.15, 0.2) is 54.6 Å². The van der Waals surface area contributed by atoms with Crippen molar-refractivity contribution in [1.82, 2.24) is 5.32 Å². The van der Waals surface area contributed by atoms with Crippen LogP contribution in [0.4, 0.5) is 5.69 Å². The van der Waals surface area contributed by atoms with Crippen LogP contribution in [-0.4, -0.2) is 24.2 Å². The SMILES string of the molecule is CCN(CC)c1ccc(CN[C@H](C)[C@H](O)c2ccccc2)cc1. The Hall–Kier alpha value is -1.84. The van der Waals surface area contributed by atoms with Crippen LogP contribution in [0.5, 0.6) is 0 Å². The van der Waals surface area contributed by atoms with Gasteiger partial charge in [-0.3, -0.25) is 0 Å². The molecule has 0 aliphatic heterocycles. The summed E-state index contributed by atoms with van der Waals surface area (Å²) in [4.78, 5) is 2.33. The van der Waals surface area contributed by atoms with Gasteiger partial charge in [-0.15, -0.1) is 0 Å². The van der Waals surface area contributed by atoms with E-state index in [1.165, 1.54) is 11.3 Å². The van der Waals surface area contributed by atoms with Crippen LogP contribution in [0.1, 0.15) is 38.0 Å². The van der Waals surface area contributed by atoms with Crippen molar-refractivity contribution in [2.45, 2.75) is 39.5 Å². The van der Waals surface area contributed by atoms with Gasteiger partial charge < -0.3 is 15.3 Å². The molecule has 3 heteroatoms. The molecule has 2 atom stereocenters. The maximum atomic E-state index is 10.4. The molecular weight excluding hydrogens is 284 g/mol. The molecule has 0 unspecified atom stereocenters. The average molecular weight is 312 g/mol. The van der Waals surface area contributed by atoms with Gasteiger partial charge in [-0.25, -0.2) is 0 Å². The Balaban J connectivity index is 1.90. The first-order valence-corrected chi connectivity index (χ1v) is 8.46. The van der Waals surface area contributed by atoms with E-state index in [4.69, 9.17) is 0 Å². The zero-order valence-electron chi connectivity index (χ0n) is 14.4. The first-order valence-electron chi connectivity index (χ1n) is 8.46. The molecule has 0 bridgehead atoms. The Kier molecular flexibility index (Phi) is 6.63. The van der Waals surface area contributed by atoms with Gasteiger partial charge in [-0.2, -0.15) is 0 Å². The maximum absolute atomic E-state index is 10.4. The van der Waals surface area contributed by atoms with E-state index >= 15 is 0 Å². The summed E-state index contributed by atoms with van der Waals surface area (Å²) in [7, 11) is 0. The minimum Gasteiger partial charge on any atom is -0.387 e. The Bertz CT molecular complexity index is 564. The predicted molar refractivity (Wildman–Crippen MR) is 97.7 cm³/mol. The van der Waals surface area contributed by atoms with E-state index in [2.05, 4.69) is 48.3 Å². The normalized spacial score (nSPS) is 13.6. The van der Waals surface area contributed by atoms with Gasteiger partial charge in [0.15, 0.2) is 0 Å². The van der Waals surface area contributed by atoms with Crippen molar-refractivity contribution < 1.29 is 5.11 Å². The van der Waals surface area contributed by atoms with Crippen LogP contribution < -0.4 is 10.2 Å². The van der Waals surface area contributed by atoms with Crippen molar-refractivity contribution in [1.29, 1.82) is 0 Å². The van der Waals surface area contributed by atoms with E-state index in [0.29, 0.717) is 0 Å². The molecule has 0 saturated carbocycles. The van der Waals surface area contributed by atoms with Crippen LogP contribution in [0, 0.1) is 0 Å². The summed E-state index contributed by atoms with van der Waals surface area (Å²) < 4.78 is 0. The fraction of sp³-hybridized carbons (Fsp3) is 0.400. The van der Waals surface area contributed by atoms with Crippen LogP contribution in [0.25, 0.3) is 0 Å². The van der Waals surface area contributed by atoms with Gasteiger partial charge in [0.05, 0.1) is 6.10 Å². The molecule has 0 aliphatic rings. The van der Waals surface area contributed by atoms with Gasteiger partial charge in [0.25, 0.3) is 0 Å². The van der Waals surface area contributed by atoms with Crippen LogP contribution >= 0.6 is 0 Å². The molecule has 0 aliphatic carbocycles. The van der Waals surface area contributed by atoms with E-state index in [1.54, 1.807) is 0 Å². The monoisotopic (exact) mass is 312 g/mol. The predicted octanol–water partition coefficient (Wildman–Crippen LogP) is 3.74. The van der Waals surface area contributed by atoms with Crippen LogP contribution in [0.2, 0.25) is 0 Å². The standard InChI is InChI=1S/C20H28N2O/c1-4-22(5-2)19-13-11-17(12-14-19)15-21-16(3)20(23)18-9-7-6-8-10-18/h6-14,16,20-21,23H,4-5,15H2,1-3H3/t16-,20+/m1/s1. The second-order valence-corrected chi connectivity index (χ2v) is 5.86. The Morgan fingerprint density at radius 1 is 0.957 bits per heavy atom. The molecule has 0 radical (unpaired) electrons. The first-order chi connectivity index (χ1) is 11.2. The minimum absolute atomic E-state index is 0.000131. The van der Waals surface area contributed by atoms with Crippen molar-refractivity contribution in [3.63, 3.8) is 0 Å². The molecule has 124 valence electrons. The number of anilines is 1. The molecule has 0 aromatic heterocycles. The fourth-order valence-corrected chi connectivity index (χ4v) is 2.74. The van der Waals surface area contributed by atoms with Crippen molar-refractivity contribution in [3.8, 4) is 0 Å². The minimum atomic E-state index is -0.494. The summed E-state index contributed by atoms with van der Waals surface area (Å²) in [6, 6.07) is 18.4. The van der Waals surface area contributed by atoms with Crippen molar-refractivity contribution in [2.24, 2.45) is 0 Å². The molecule has 0 spiro atoms. The molecule has 3 nitrogen and oxygen atoms in total. The molecule has 2 N–H and O–H groups in total. The van der Waals surface area contributed by atoms with Gasteiger partial charge in [0.2, 0.25) is 0 Å². The zero-order chi connectivity index (χ0) is 16.7. The summed E-state index contributed by atoms with van der Waals surface area (Å²) in [6.45, 7) is 9.16. The third-order valence-corrected chi connectivity index (χ3v) is 4.31. The lowest BCUT2D eigenvalue weighted by atomic mass is 10.0. The number of benzene rings is 2. The molecule has 0 fully saturated rings. The second kappa shape index (κ2) is 8.70.